The first-order chi connectivity index (χ1) is 14.0. The second-order valence-corrected chi connectivity index (χ2v) is 7.99. The molecule has 1 aliphatic heterocycles. The van der Waals surface area contributed by atoms with Gasteiger partial charge in [0.1, 0.15) is 5.82 Å². The monoisotopic (exact) mass is 415 g/mol. The first-order valence-corrected chi connectivity index (χ1v) is 10.6. The molecule has 0 aliphatic carbocycles. The van der Waals surface area contributed by atoms with Crippen molar-refractivity contribution in [3.8, 4) is 0 Å². The molecule has 156 valence electrons. The Bertz CT molecular complexity index is 824. The lowest BCUT2D eigenvalue weighted by atomic mass is 10.1. The quantitative estimate of drug-likeness (QED) is 0.678. The number of nitrogens with one attached hydrogen (secondary N) is 1. The van der Waals surface area contributed by atoms with Crippen molar-refractivity contribution < 1.29 is 9.13 Å². The molecular formula is C23H30FN3OS. The lowest BCUT2D eigenvalue weighted by Crippen LogP contribution is -2.40. The summed E-state index contributed by atoms with van der Waals surface area (Å²) in [5, 5.41) is 4.08. The van der Waals surface area contributed by atoms with Crippen molar-refractivity contribution in [2.75, 3.05) is 44.7 Å². The van der Waals surface area contributed by atoms with Crippen LogP contribution in [0.2, 0.25) is 0 Å². The van der Waals surface area contributed by atoms with Gasteiger partial charge in [-0.1, -0.05) is 24.3 Å². The molecule has 29 heavy (non-hydrogen) atoms. The van der Waals surface area contributed by atoms with Gasteiger partial charge in [0, 0.05) is 38.4 Å². The molecule has 0 amide bonds. The highest BCUT2D eigenvalue weighted by molar-refractivity contribution is 7.80. The Morgan fingerprint density at radius 2 is 1.97 bits per heavy atom. The summed E-state index contributed by atoms with van der Waals surface area (Å²) in [7, 11) is 0. The van der Waals surface area contributed by atoms with Crippen molar-refractivity contribution in [1.82, 2.24) is 9.80 Å². The molecular weight excluding hydrogens is 385 g/mol. The van der Waals surface area contributed by atoms with E-state index in [1.165, 1.54) is 11.6 Å². The number of hydrogen-bond acceptors (Lipinski definition) is 3. The van der Waals surface area contributed by atoms with Gasteiger partial charge in [-0.15, -0.1) is 0 Å². The maximum absolute atomic E-state index is 13.7. The maximum atomic E-state index is 13.7. The van der Waals surface area contributed by atoms with Gasteiger partial charge < -0.3 is 15.0 Å². The van der Waals surface area contributed by atoms with Gasteiger partial charge in [-0.3, -0.25) is 4.90 Å². The van der Waals surface area contributed by atoms with Crippen molar-refractivity contribution >= 4 is 23.0 Å². The Hall–Kier alpha value is -2.02. The van der Waals surface area contributed by atoms with E-state index in [9.17, 15) is 4.39 Å². The number of anilines is 1. The average molecular weight is 416 g/mol. The summed E-state index contributed by atoms with van der Waals surface area (Å²) in [6, 6.07) is 13.0. The number of nitrogens with zero attached hydrogens (tertiary/aromatic N) is 2. The highest BCUT2D eigenvalue weighted by atomic mass is 32.1. The molecule has 1 heterocycles. The normalized spacial score (nSPS) is 14.6. The minimum absolute atomic E-state index is 0.218. The van der Waals surface area contributed by atoms with E-state index in [4.69, 9.17) is 17.0 Å². The average Bonchev–Trinajstić information content (AvgIpc) is 2.71. The SMILES string of the molecule is Cc1ccc(C)c(NC(=S)N(CCCN2CCOCC2)Cc2cccc(F)c2)c1. The van der Waals surface area contributed by atoms with Gasteiger partial charge in [0.25, 0.3) is 0 Å². The molecule has 2 aromatic carbocycles. The van der Waals surface area contributed by atoms with E-state index in [-0.39, 0.29) is 5.82 Å². The molecule has 1 N–H and O–H groups in total. The smallest absolute Gasteiger partial charge is 0.173 e. The molecule has 2 aromatic rings. The highest BCUT2D eigenvalue weighted by Crippen LogP contribution is 2.18. The number of morpholine rings is 1. The van der Waals surface area contributed by atoms with Gasteiger partial charge >= 0.3 is 0 Å². The van der Waals surface area contributed by atoms with Gasteiger partial charge in [-0.05, 0) is 67.4 Å². The molecule has 3 rings (SSSR count). The van der Waals surface area contributed by atoms with Crippen LogP contribution in [0.3, 0.4) is 0 Å². The lowest BCUT2D eigenvalue weighted by molar-refractivity contribution is 0.0368. The third-order valence-electron chi connectivity index (χ3n) is 5.19. The fourth-order valence-electron chi connectivity index (χ4n) is 3.48. The van der Waals surface area contributed by atoms with Crippen molar-refractivity contribution in [3.05, 3.63) is 65.0 Å². The van der Waals surface area contributed by atoms with Crippen LogP contribution in [-0.2, 0) is 11.3 Å². The van der Waals surface area contributed by atoms with Gasteiger partial charge in [-0.25, -0.2) is 4.39 Å². The molecule has 0 atom stereocenters. The number of aryl methyl sites for hydroxylation is 2. The zero-order valence-corrected chi connectivity index (χ0v) is 18.1. The summed E-state index contributed by atoms with van der Waals surface area (Å²) in [6.45, 7) is 10.1. The van der Waals surface area contributed by atoms with Crippen LogP contribution in [-0.4, -0.2) is 54.3 Å². The third-order valence-corrected chi connectivity index (χ3v) is 5.55. The molecule has 1 saturated heterocycles. The van der Waals surface area contributed by atoms with Crippen molar-refractivity contribution in [2.45, 2.75) is 26.8 Å². The molecule has 0 spiro atoms. The summed E-state index contributed by atoms with van der Waals surface area (Å²) in [5.41, 5.74) is 4.27. The topological polar surface area (TPSA) is 27.7 Å². The predicted molar refractivity (Wildman–Crippen MR) is 121 cm³/mol. The van der Waals surface area contributed by atoms with Crippen molar-refractivity contribution in [2.24, 2.45) is 0 Å². The molecule has 1 fully saturated rings. The van der Waals surface area contributed by atoms with E-state index in [0.29, 0.717) is 11.7 Å². The summed E-state index contributed by atoms with van der Waals surface area (Å²) in [4.78, 5) is 4.55. The summed E-state index contributed by atoms with van der Waals surface area (Å²) in [6.07, 6.45) is 0.990. The van der Waals surface area contributed by atoms with Gasteiger partial charge in [0.2, 0.25) is 0 Å². The van der Waals surface area contributed by atoms with E-state index in [1.54, 1.807) is 12.1 Å². The predicted octanol–water partition coefficient (Wildman–Crippen LogP) is 4.36. The zero-order valence-electron chi connectivity index (χ0n) is 17.3. The number of ether oxygens (including phenoxy) is 1. The Morgan fingerprint density at radius 3 is 2.72 bits per heavy atom. The number of benzene rings is 2. The molecule has 0 unspecified atom stereocenters. The Kier molecular flexibility index (Phi) is 7.98. The first kappa shape index (κ1) is 21.7. The fourth-order valence-corrected chi connectivity index (χ4v) is 3.75. The Balaban J connectivity index is 1.66. The standard InChI is InChI=1S/C23H30FN3OS/c1-18-7-8-19(2)22(15-18)25-23(29)27(17-20-5-3-6-21(24)16-20)10-4-9-26-11-13-28-14-12-26/h3,5-8,15-16H,4,9-14,17H2,1-2H3,(H,25,29). The van der Waals surface area contributed by atoms with Crippen molar-refractivity contribution in [3.63, 3.8) is 0 Å². The highest BCUT2D eigenvalue weighted by Gasteiger charge is 2.15. The molecule has 0 saturated carbocycles. The molecule has 0 radical (unpaired) electrons. The van der Waals surface area contributed by atoms with Gasteiger partial charge in [0.15, 0.2) is 5.11 Å². The van der Waals surface area contributed by atoms with Crippen LogP contribution in [0.25, 0.3) is 0 Å². The molecule has 0 aromatic heterocycles. The third kappa shape index (κ3) is 6.77. The number of hydrogen-bond donors (Lipinski definition) is 1. The summed E-state index contributed by atoms with van der Waals surface area (Å²) in [5.74, 6) is -0.218. The van der Waals surface area contributed by atoms with Crippen LogP contribution < -0.4 is 5.32 Å². The van der Waals surface area contributed by atoms with Gasteiger partial charge in [-0.2, -0.15) is 0 Å². The molecule has 6 heteroatoms. The molecule has 1 aliphatic rings. The second-order valence-electron chi connectivity index (χ2n) is 7.61. The molecule has 4 nitrogen and oxygen atoms in total. The van der Waals surface area contributed by atoms with E-state index < -0.39 is 0 Å². The van der Waals surface area contributed by atoms with Crippen LogP contribution in [0, 0.1) is 19.7 Å². The van der Waals surface area contributed by atoms with Gasteiger partial charge in [0.05, 0.1) is 13.2 Å². The van der Waals surface area contributed by atoms with E-state index in [1.807, 2.05) is 6.07 Å². The minimum atomic E-state index is -0.218. The van der Waals surface area contributed by atoms with Crippen LogP contribution in [0.5, 0.6) is 0 Å². The Labute approximate surface area is 178 Å². The summed E-state index contributed by atoms with van der Waals surface area (Å²) >= 11 is 5.75. The number of halogens is 1. The van der Waals surface area contributed by atoms with E-state index in [2.05, 4.69) is 47.2 Å². The maximum Gasteiger partial charge on any atom is 0.173 e. The van der Waals surface area contributed by atoms with Crippen LogP contribution in [0.15, 0.2) is 42.5 Å². The summed E-state index contributed by atoms with van der Waals surface area (Å²) < 4.78 is 19.1. The van der Waals surface area contributed by atoms with Crippen LogP contribution >= 0.6 is 12.2 Å². The largest absolute Gasteiger partial charge is 0.379 e. The second kappa shape index (κ2) is 10.7. The minimum Gasteiger partial charge on any atom is -0.379 e. The lowest BCUT2D eigenvalue weighted by Gasteiger charge is -2.30. The van der Waals surface area contributed by atoms with Crippen LogP contribution in [0.1, 0.15) is 23.1 Å². The first-order valence-electron chi connectivity index (χ1n) is 10.2. The van der Waals surface area contributed by atoms with Crippen molar-refractivity contribution in [1.29, 1.82) is 0 Å². The number of rotatable bonds is 7. The Morgan fingerprint density at radius 1 is 1.17 bits per heavy atom. The van der Waals surface area contributed by atoms with Crippen LogP contribution in [0.4, 0.5) is 10.1 Å². The molecule has 0 bridgehead atoms. The fraction of sp³-hybridized carbons (Fsp3) is 0.435. The number of thiocarbonyl (C=S) groups is 1. The van der Waals surface area contributed by atoms with E-state index in [0.717, 1.165) is 62.6 Å². The van der Waals surface area contributed by atoms with E-state index >= 15 is 0 Å². The zero-order chi connectivity index (χ0) is 20.6.